The standard InChI is InChI=1S/C15H24O2/c1-5-7-8-10-14(9-6-2)11-12-17-15(16)13(3)4/h5,7-8,14H,1,3,6,9-12H2,2,4H3. The van der Waals surface area contributed by atoms with Crippen LogP contribution in [0.3, 0.4) is 0 Å². The lowest BCUT2D eigenvalue weighted by Crippen LogP contribution is -2.10. The first-order valence-electron chi connectivity index (χ1n) is 6.22. The first kappa shape index (κ1) is 15.7. The summed E-state index contributed by atoms with van der Waals surface area (Å²) in [6.45, 7) is 11.5. The topological polar surface area (TPSA) is 26.3 Å². The Morgan fingerprint density at radius 3 is 2.65 bits per heavy atom. The average molecular weight is 236 g/mol. The zero-order valence-corrected chi connectivity index (χ0v) is 11.1. The van der Waals surface area contributed by atoms with Crippen LogP contribution in [-0.2, 0) is 9.53 Å². The number of hydrogen-bond donors (Lipinski definition) is 0. The van der Waals surface area contributed by atoms with Crippen LogP contribution in [0.4, 0.5) is 0 Å². The third-order valence-electron chi connectivity index (χ3n) is 2.55. The molecule has 1 atom stereocenters. The molecular weight excluding hydrogens is 212 g/mol. The van der Waals surface area contributed by atoms with Gasteiger partial charge in [0.1, 0.15) is 0 Å². The van der Waals surface area contributed by atoms with Gasteiger partial charge < -0.3 is 4.74 Å². The molecule has 0 aromatic carbocycles. The van der Waals surface area contributed by atoms with Crippen molar-refractivity contribution in [3.05, 3.63) is 37.0 Å². The summed E-state index contributed by atoms with van der Waals surface area (Å²) in [6.07, 6.45) is 10.1. The minimum absolute atomic E-state index is 0.290. The predicted molar refractivity (Wildman–Crippen MR) is 72.7 cm³/mol. The molecule has 2 nitrogen and oxygen atoms in total. The van der Waals surface area contributed by atoms with Crippen molar-refractivity contribution in [2.24, 2.45) is 5.92 Å². The van der Waals surface area contributed by atoms with Gasteiger partial charge in [0.25, 0.3) is 0 Å². The first-order chi connectivity index (χ1) is 8.11. The van der Waals surface area contributed by atoms with Gasteiger partial charge in [-0.05, 0) is 25.7 Å². The highest BCUT2D eigenvalue weighted by molar-refractivity contribution is 5.86. The molecule has 0 saturated heterocycles. The van der Waals surface area contributed by atoms with E-state index in [-0.39, 0.29) is 5.97 Å². The molecule has 0 radical (unpaired) electrons. The maximum Gasteiger partial charge on any atom is 0.333 e. The van der Waals surface area contributed by atoms with E-state index >= 15 is 0 Å². The molecule has 0 aromatic rings. The molecule has 0 bridgehead atoms. The van der Waals surface area contributed by atoms with E-state index < -0.39 is 0 Å². The maximum atomic E-state index is 11.2. The Morgan fingerprint density at radius 2 is 2.12 bits per heavy atom. The van der Waals surface area contributed by atoms with E-state index in [2.05, 4.69) is 26.2 Å². The fourth-order valence-electron chi connectivity index (χ4n) is 1.60. The summed E-state index contributed by atoms with van der Waals surface area (Å²) in [5, 5.41) is 0. The predicted octanol–water partition coefficient (Wildman–Crippen LogP) is 4.04. The zero-order valence-electron chi connectivity index (χ0n) is 11.1. The van der Waals surface area contributed by atoms with Crippen LogP contribution >= 0.6 is 0 Å². The molecule has 0 saturated carbocycles. The van der Waals surface area contributed by atoms with E-state index in [9.17, 15) is 4.79 Å². The summed E-state index contributed by atoms with van der Waals surface area (Å²) in [4.78, 5) is 11.2. The van der Waals surface area contributed by atoms with Crippen LogP contribution in [0.1, 0.15) is 39.5 Å². The van der Waals surface area contributed by atoms with Crippen LogP contribution in [0.25, 0.3) is 0 Å². The van der Waals surface area contributed by atoms with Gasteiger partial charge in [0.05, 0.1) is 6.61 Å². The molecule has 0 heterocycles. The molecule has 0 N–H and O–H groups in total. The Balaban J connectivity index is 3.91. The molecule has 2 heteroatoms. The molecular formula is C15H24O2. The van der Waals surface area contributed by atoms with Crippen molar-refractivity contribution in [2.45, 2.75) is 39.5 Å². The fourth-order valence-corrected chi connectivity index (χ4v) is 1.60. The number of carbonyl (C=O) groups excluding carboxylic acids is 1. The minimum Gasteiger partial charge on any atom is -0.462 e. The second-order valence-corrected chi connectivity index (χ2v) is 4.26. The van der Waals surface area contributed by atoms with E-state index in [1.807, 2.05) is 6.08 Å². The van der Waals surface area contributed by atoms with Gasteiger partial charge in [-0.25, -0.2) is 4.79 Å². The highest BCUT2D eigenvalue weighted by Crippen LogP contribution is 2.16. The van der Waals surface area contributed by atoms with Gasteiger partial charge in [-0.1, -0.05) is 51.2 Å². The summed E-state index contributed by atoms with van der Waals surface area (Å²) >= 11 is 0. The van der Waals surface area contributed by atoms with Crippen molar-refractivity contribution < 1.29 is 9.53 Å². The molecule has 0 rings (SSSR count). The zero-order chi connectivity index (χ0) is 13.1. The van der Waals surface area contributed by atoms with E-state index in [4.69, 9.17) is 4.74 Å². The van der Waals surface area contributed by atoms with Gasteiger partial charge in [0.15, 0.2) is 0 Å². The lowest BCUT2D eigenvalue weighted by molar-refractivity contribution is -0.139. The van der Waals surface area contributed by atoms with E-state index in [1.165, 1.54) is 0 Å². The van der Waals surface area contributed by atoms with Crippen LogP contribution < -0.4 is 0 Å². The Bertz CT molecular complexity index is 277. The Kier molecular flexibility index (Phi) is 9.12. The molecule has 0 amide bonds. The van der Waals surface area contributed by atoms with Gasteiger partial charge >= 0.3 is 5.97 Å². The number of allylic oxidation sites excluding steroid dienone is 3. The minimum atomic E-state index is -0.290. The molecule has 0 fully saturated rings. The van der Waals surface area contributed by atoms with Gasteiger partial charge in [-0.2, -0.15) is 0 Å². The summed E-state index contributed by atoms with van der Waals surface area (Å²) < 4.78 is 5.10. The number of esters is 1. The van der Waals surface area contributed by atoms with Crippen molar-refractivity contribution >= 4 is 5.97 Å². The van der Waals surface area contributed by atoms with Crippen LogP contribution in [-0.4, -0.2) is 12.6 Å². The van der Waals surface area contributed by atoms with E-state index in [0.29, 0.717) is 18.1 Å². The van der Waals surface area contributed by atoms with Crippen LogP contribution in [0.2, 0.25) is 0 Å². The van der Waals surface area contributed by atoms with Crippen molar-refractivity contribution in [1.82, 2.24) is 0 Å². The monoisotopic (exact) mass is 236 g/mol. The number of rotatable bonds is 9. The Hall–Kier alpha value is -1.31. The lowest BCUT2D eigenvalue weighted by Gasteiger charge is -2.14. The molecule has 96 valence electrons. The van der Waals surface area contributed by atoms with Crippen LogP contribution in [0.5, 0.6) is 0 Å². The highest BCUT2D eigenvalue weighted by atomic mass is 16.5. The molecule has 0 aliphatic carbocycles. The first-order valence-corrected chi connectivity index (χ1v) is 6.22. The smallest absolute Gasteiger partial charge is 0.333 e. The van der Waals surface area contributed by atoms with Crippen molar-refractivity contribution in [2.75, 3.05) is 6.61 Å². The molecule has 0 spiro atoms. The maximum absolute atomic E-state index is 11.2. The van der Waals surface area contributed by atoms with Crippen molar-refractivity contribution in [3.63, 3.8) is 0 Å². The molecule has 1 unspecified atom stereocenters. The van der Waals surface area contributed by atoms with Crippen molar-refractivity contribution in [3.8, 4) is 0 Å². The molecule has 0 aliphatic heterocycles. The quantitative estimate of drug-likeness (QED) is 0.343. The van der Waals surface area contributed by atoms with Gasteiger partial charge in [-0.15, -0.1) is 0 Å². The second kappa shape index (κ2) is 9.88. The third kappa shape index (κ3) is 8.49. The largest absolute Gasteiger partial charge is 0.462 e. The average Bonchev–Trinajstić information content (AvgIpc) is 2.29. The lowest BCUT2D eigenvalue weighted by atomic mass is 9.96. The summed E-state index contributed by atoms with van der Waals surface area (Å²) in [7, 11) is 0. The molecule has 0 aromatic heterocycles. The van der Waals surface area contributed by atoms with Gasteiger partial charge in [0, 0.05) is 5.57 Å². The summed E-state index contributed by atoms with van der Waals surface area (Å²) in [6, 6.07) is 0. The Labute approximate surface area is 105 Å². The Morgan fingerprint density at radius 1 is 1.41 bits per heavy atom. The number of carbonyl (C=O) groups is 1. The van der Waals surface area contributed by atoms with Gasteiger partial charge in [-0.3, -0.25) is 0 Å². The summed E-state index contributed by atoms with van der Waals surface area (Å²) in [5.41, 5.74) is 0.462. The highest BCUT2D eigenvalue weighted by Gasteiger charge is 2.08. The molecule has 17 heavy (non-hydrogen) atoms. The normalized spacial score (nSPS) is 12.4. The van der Waals surface area contributed by atoms with Gasteiger partial charge in [0.2, 0.25) is 0 Å². The summed E-state index contributed by atoms with van der Waals surface area (Å²) in [5.74, 6) is 0.288. The van der Waals surface area contributed by atoms with Crippen LogP contribution in [0.15, 0.2) is 37.0 Å². The van der Waals surface area contributed by atoms with E-state index in [0.717, 1.165) is 25.7 Å². The van der Waals surface area contributed by atoms with E-state index in [1.54, 1.807) is 13.0 Å². The third-order valence-corrected chi connectivity index (χ3v) is 2.55. The second-order valence-electron chi connectivity index (χ2n) is 4.26. The number of ether oxygens (including phenoxy) is 1. The number of hydrogen-bond acceptors (Lipinski definition) is 2. The molecule has 0 aliphatic rings. The SMILES string of the molecule is C=CC=CCC(CCC)CCOC(=O)C(=C)C. The van der Waals surface area contributed by atoms with Crippen molar-refractivity contribution in [1.29, 1.82) is 0 Å². The van der Waals surface area contributed by atoms with Crippen LogP contribution in [0, 0.1) is 5.92 Å². The fraction of sp³-hybridized carbons (Fsp3) is 0.533.